The van der Waals surface area contributed by atoms with Gasteiger partial charge in [0.1, 0.15) is 0 Å². The molecule has 0 aliphatic rings. The van der Waals surface area contributed by atoms with Crippen LogP contribution in [0.15, 0.2) is 48.9 Å². The van der Waals surface area contributed by atoms with Crippen molar-refractivity contribution in [1.29, 1.82) is 0 Å². The molecule has 1 aromatic carbocycles. The second-order valence-electron chi connectivity index (χ2n) is 3.71. The van der Waals surface area contributed by atoms with Gasteiger partial charge in [0.15, 0.2) is 0 Å². The zero-order valence-electron chi connectivity index (χ0n) is 9.04. The van der Waals surface area contributed by atoms with Crippen LogP contribution in [0, 0.1) is 0 Å². The average Bonchev–Trinajstić information content (AvgIpc) is 2.39. The summed E-state index contributed by atoms with van der Waals surface area (Å²) in [4.78, 5) is 12.4. The summed E-state index contributed by atoms with van der Waals surface area (Å²) in [6, 6.07) is 9.99. The van der Waals surface area contributed by atoms with Gasteiger partial charge in [-0.05, 0) is 6.07 Å². The van der Waals surface area contributed by atoms with Gasteiger partial charge in [-0.15, -0.1) is 0 Å². The lowest BCUT2D eigenvalue weighted by molar-refractivity contribution is 1.19. The van der Waals surface area contributed by atoms with E-state index in [2.05, 4.69) is 15.0 Å². The number of para-hydroxylation sites is 1. The molecule has 4 heteroatoms. The van der Waals surface area contributed by atoms with E-state index in [0.29, 0.717) is 0 Å². The smallest absolute Gasteiger partial charge is 0.219 e. The number of aromatic nitrogens is 3. The summed E-state index contributed by atoms with van der Waals surface area (Å²) >= 11 is 0. The van der Waals surface area contributed by atoms with Crippen molar-refractivity contribution in [2.75, 3.05) is 5.73 Å². The Balaban J connectivity index is 2.27. The van der Waals surface area contributed by atoms with E-state index < -0.39 is 0 Å². The molecule has 0 saturated heterocycles. The van der Waals surface area contributed by atoms with Crippen LogP contribution in [0.25, 0.3) is 22.0 Å². The SMILES string of the molecule is Nc1ncc(-c2cccc3cccnc23)cn1. The number of benzene rings is 1. The van der Waals surface area contributed by atoms with Gasteiger partial charge in [-0.1, -0.05) is 24.3 Å². The molecule has 0 fully saturated rings. The fourth-order valence-electron chi connectivity index (χ4n) is 1.81. The van der Waals surface area contributed by atoms with Gasteiger partial charge in [0.25, 0.3) is 0 Å². The van der Waals surface area contributed by atoms with Gasteiger partial charge in [-0.3, -0.25) is 4.98 Å². The molecule has 0 aliphatic carbocycles. The number of pyridine rings is 1. The first-order valence-corrected chi connectivity index (χ1v) is 5.26. The van der Waals surface area contributed by atoms with Crippen molar-refractivity contribution >= 4 is 16.9 Å². The largest absolute Gasteiger partial charge is 0.368 e. The molecule has 0 aliphatic heterocycles. The number of hydrogen-bond acceptors (Lipinski definition) is 4. The summed E-state index contributed by atoms with van der Waals surface area (Å²) in [5.41, 5.74) is 8.36. The van der Waals surface area contributed by atoms with Crippen molar-refractivity contribution in [2.45, 2.75) is 0 Å². The van der Waals surface area contributed by atoms with Gasteiger partial charge in [-0.25, -0.2) is 9.97 Å². The predicted molar refractivity (Wildman–Crippen MR) is 67.2 cm³/mol. The minimum Gasteiger partial charge on any atom is -0.368 e. The molecule has 0 amide bonds. The topological polar surface area (TPSA) is 64.7 Å². The fourth-order valence-corrected chi connectivity index (χ4v) is 1.81. The molecular formula is C13H10N4. The molecule has 0 unspecified atom stereocenters. The fraction of sp³-hybridized carbons (Fsp3) is 0. The third-order valence-corrected chi connectivity index (χ3v) is 2.62. The Morgan fingerprint density at radius 3 is 2.47 bits per heavy atom. The molecule has 3 aromatic rings. The lowest BCUT2D eigenvalue weighted by atomic mass is 10.1. The van der Waals surface area contributed by atoms with Crippen LogP contribution in [0.5, 0.6) is 0 Å². The maximum atomic E-state index is 5.48. The van der Waals surface area contributed by atoms with E-state index in [-0.39, 0.29) is 5.95 Å². The van der Waals surface area contributed by atoms with Crippen LogP contribution in [0.1, 0.15) is 0 Å². The van der Waals surface area contributed by atoms with Crippen LogP contribution in [0.2, 0.25) is 0 Å². The first-order chi connectivity index (χ1) is 8.34. The highest BCUT2D eigenvalue weighted by atomic mass is 15.0. The summed E-state index contributed by atoms with van der Waals surface area (Å²) in [6.45, 7) is 0. The predicted octanol–water partition coefficient (Wildman–Crippen LogP) is 2.27. The Labute approximate surface area is 98.2 Å². The van der Waals surface area contributed by atoms with Gasteiger partial charge in [0.2, 0.25) is 5.95 Å². The third kappa shape index (κ3) is 1.69. The van der Waals surface area contributed by atoms with Crippen LogP contribution in [-0.4, -0.2) is 15.0 Å². The van der Waals surface area contributed by atoms with Crippen molar-refractivity contribution in [1.82, 2.24) is 15.0 Å². The highest BCUT2D eigenvalue weighted by molar-refractivity contribution is 5.93. The lowest BCUT2D eigenvalue weighted by Gasteiger charge is -2.04. The minimum atomic E-state index is 0.280. The Bertz CT molecular complexity index is 656. The maximum Gasteiger partial charge on any atom is 0.219 e. The van der Waals surface area contributed by atoms with Crippen LogP contribution < -0.4 is 5.73 Å². The summed E-state index contributed by atoms with van der Waals surface area (Å²) in [5, 5.41) is 1.10. The standard InChI is InChI=1S/C13H10N4/c14-13-16-7-10(8-17-13)11-5-1-3-9-4-2-6-15-12(9)11/h1-8H,(H2,14,16,17). The molecule has 2 aromatic heterocycles. The minimum absolute atomic E-state index is 0.280. The van der Waals surface area contributed by atoms with Crippen molar-refractivity contribution < 1.29 is 0 Å². The molecule has 4 nitrogen and oxygen atoms in total. The van der Waals surface area contributed by atoms with E-state index in [4.69, 9.17) is 5.73 Å². The van der Waals surface area contributed by atoms with Gasteiger partial charge >= 0.3 is 0 Å². The molecule has 0 saturated carbocycles. The van der Waals surface area contributed by atoms with Gasteiger partial charge in [-0.2, -0.15) is 0 Å². The van der Waals surface area contributed by atoms with Gasteiger partial charge in [0.05, 0.1) is 5.52 Å². The Morgan fingerprint density at radius 2 is 1.65 bits per heavy atom. The summed E-state index contributed by atoms with van der Waals surface area (Å²) in [6.07, 6.45) is 5.21. The molecule has 0 spiro atoms. The molecule has 17 heavy (non-hydrogen) atoms. The summed E-state index contributed by atoms with van der Waals surface area (Å²) in [7, 11) is 0. The first-order valence-electron chi connectivity index (χ1n) is 5.26. The normalized spacial score (nSPS) is 10.6. The van der Waals surface area contributed by atoms with Gasteiger partial charge in [0, 0.05) is 35.1 Å². The van der Waals surface area contributed by atoms with E-state index in [9.17, 15) is 0 Å². The second kappa shape index (κ2) is 3.83. The number of rotatable bonds is 1. The molecule has 0 atom stereocenters. The average molecular weight is 222 g/mol. The Hall–Kier alpha value is -2.49. The number of nitrogens with two attached hydrogens (primary N) is 1. The number of hydrogen-bond donors (Lipinski definition) is 1. The van der Waals surface area contributed by atoms with E-state index >= 15 is 0 Å². The quantitative estimate of drug-likeness (QED) is 0.686. The van der Waals surface area contributed by atoms with E-state index in [1.807, 2.05) is 30.3 Å². The van der Waals surface area contributed by atoms with Crippen LogP contribution in [0.4, 0.5) is 5.95 Å². The highest BCUT2D eigenvalue weighted by Crippen LogP contribution is 2.25. The second-order valence-corrected chi connectivity index (χ2v) is 3.71. The monoisotopic (exact) mass is 222 g/mol. The highest BCUT2D eigenvalue weighted by Gasteiger charge is 2.04. The number of nitrogens with zero attached hydrogens (tertiary/aromatic N) is 3. The summed E-state index contributed by atoms with van der Waals surface area (Å²) < 4.78 is 0. The van der Waals surface area contributed by atoms with Crippen LogP contribution in [-0.2, 0) is 0 Å². The van der Waals surface area contributed by atoms with Crippen LogP contribution >= 0.6 is 0 Å². The molecule has 3 rings (SSSR count). The molecular weight excluding hydrogens is 212 g/mol. The number of nitrogen functional groups attached to an aromatic ring is 1. The van der Waals surface area contributed by atoms with Crippen molar-refractivity contribution in [3.05, 3.63) is 48.9 Å². The van der Waals surface area contributed by atoms with Crippen molar-refractivity contribution in [3.8, 4) is 11.1 Å². The molecule has 2 heterocycles. The van der Waals surface area contributed by atoms with Crippen LogP contribution in [0.3, 0.4) is 0 Å². The van der Waals surface area contributed by atoms with Gasteiger partial charge < -0.3 is 5.73 Å². The first kappa shape index (κ1) is 9.72. The third-order valence-electron chi connectivity index (χ3n) is 2.62. The maximum absolute atomic E-state index is 5.48. The zero-order valence-corrected chi connectivity index (χ0v) is 9.04. The Kier molecular flexibility index (Phi) is 2.19. The summed E-state index contributed by atoms with van der Waals surface area (Å²) in [5.74, 6) is 0.280. The van der Waals surface area contributed by atoms with E-state index in [1.165, 1.54) is 0 Å². The number of fused-ring (bicyclic) bond motifs is 1. The molecule has 0 radical (unpaired) electrons. The zero-order chi connectivity index (χ0) is 11.7. The van der Waals surface area contributed by atoms with E-state index in [0.717, 1.165) is 22.0 Å². The number of anilines is 1. The Morgan fingerprint density at radius 1 is 0.882 bits per heavy atom. The van der Waals surface area contributed by atoms with Crippen molar-refractivity contribution in [3.63, 3.8) is 0 Å². The lowest BCUT2D eigenvalue weighted by Crippen LogP contribution is -1.94. The molecule has 2 N–H and O–H groups in total. The van der Waals surface area contributed by atoms with E-state index in [1.54, 1.807) is 18.6 Å². The molecule has 0 bridgehead atoms. The van der Waals surface area contributed by atoms with Crippen molar-refractivity contribution in [2.24, 2.45) is 0 Å². The molecule has 82 valence electrons.